The molecule has 0 saturated carbocycles. The molecule has 0 spiro atoms. The molecule has 4 heteroatoms. The van der Waals surface area contributed by atoms with Crippen molar-refractivity contribution in [2.24, 2.45) is 4.99 Å². The number of hydrogen-bond donors (Lipinski definition) is 1. The Morgan fingerprint density at radius 1 is 1.33 bits per heavy atom. The zero-order valence-electron chi connectivity index (χ0n) is 16.4. The molecule has 3 rings (SSSR count). The molecule has 1 N–H and O–H groups in total. The molecule has 0 aliphatic carbocycles. The zero-order valence-corrected chi connectivity index (χ0v) is 12.1. The molecule has 1 atom stereocenters. The van der Waals surface area contributed by atoms with Crippen LogP contribution in [0.4, 0.5) is 5.69 Å². The first-order valence-corrected chi connectivity index (χ1v) is 6.82. The van der Waals surface area contributed by atoms with Gasteiger partial charge in [0, 0.05) is 26.9 Å². The van der Waals surface area contributed by atoms with Crippen molar-refractivity contribution < 1.29 is 11.6 Å². The van der Waals surface area contributed by atoms with Crippen LogP contribution in [0.15, 0.2) is 53.5 Å². The molecular weight excluding hydrogens is 284 g/mol. The third-order valence-corrected chi connectivity index (χ3v) is 3.76. The summed E-state index contributed by atoms with van der Waals surface area (Å²) in [5.74, 6) is 0. The van der Waals surface area contributed by atoms with Crippen LogP contribution in [0.3, 0.4) is 0 Å². The lowest BCUT2D eigenvalue weighted by Gasteiger charge is -2.38. The summed E-state index contributed by atoms with van der Waals surface area (Å²) < 4.78 is 43.5. The number of anilines is 1. The molecule has 1 unspecified atom stereocenters. The number of nitrogens with zero attached hydrogens (tertiary/aromatic N) is 1. The first-order chi connectivity index (χ1) is 12.0. The molecule has 2 aromatic carbocycles. The summed E-state index contributed by atoms with van der Waals surface area (Å²) >= 11 is 6.15. The molecule has 21 heavy (non-hydrogen) atoms. The van der Waals surface area contributed by atoms with E-state index in [0.717, 1.165) is 11.1 Å². The highest BCUT2D eigenvalue weighted by molar-refractivity contribution is 6.30. The number of amidine groups is 1. The SMILES string of the molecule is [2H]C([2H])([2H])C([2H])([2H])N=C1Nc2ccc(Cl)cc2C(C)(c2ccccc2)O1. The van der Waals surface area contributed by atoms with Crippen LogP contribution in [0.1, 0.15) is 31.8 Å². The van der Waals surface area contributed by atoms with Crippen LogP contribution in [0, 0.1) is 0 Å². The van der Waals surface area contributed by atoms with Gasteiger partial charge in [-0.3, -0.25) is 0 Å². The van der Waals surface area contributed by atoms with Gasteiger partial charge in [0.25, 0.3) is 6.02 Å². The topological polar surface area (TPSA) is 33.6 Å². The fraction of sp³-hybridized carbons (Fsp3) is 0.235. The van der Waals surface area contributed by atoms with Gasteiger partial charge in [-0.15, -0.1) is 0 Å². The second-order valence-corrected chi connectivity index (χ2v) is 5.28. The van der Waals surface area contributed by atoms with E-state index in [2.05, 4.69) is 10.3 Å². The van der Waals surface area contributed by atoms with Crippen molar-refractivity contribution in [1.29, 1.82) is 0 Å². The molecular formula is C17H17ClN2O. The number of benzene rings is 2. The number of rotatable bonds is 2. The smallest absolute Gasteiger partial charge is 0.290 e. The molecule has 0 aromatic heterocycles. The van der Waals surface area contributed by atoms with Gasteiger partial charge in [0.05, 0.1) is 2.74 Å². The normalized spacial score (nSPS) is 27.1. The van der Waals surface area contributed by atoms with Gasteiger partial charge in [-0.05, 0) is 37.5 Å². The molecule has 108 valence electrons. The summed E-state index contributed by atoms with van der Waals surface area (Å²) in [6.45, 7) is -3.91. The Hall–Kier alpha value is -2.00. The number of hydrogen-bond acceptors (Lipinski definition) is 2. The summed E-state index contributed by atoms with van der Waals surface area (Å²) in [7, 11) is 0. The van der Waals surface area contributed by atoms with E-state index >= 15 is 0 Å². The number of nitrogens with one attached hydrogen (secondary N) is 1. The molecule has 1 aliphatic rings. The maximum absolute atomic E-state index is 7.74. The van der Waals surface area contributed by atoms with Gasteiger partial charge >= 0.3 is 0 Å². The lowest BCUT2D eigenvalue weighted by Crippen LogP contribution is -2.39. The minimum absolute atomic E-state index is 0.202. The van der Waals surface area contributed by atoms with Crippen LogP contribution in [-0.4, -0.2) is 12.5 Å². The van der Waals surface area contributed by atoms with Gasteiger partial charge < -0.3 is 10.1 Å². The predicted octanol–water partition coefficient (Wildman–Crippen LogP) is 4.42. The van der Waals surface area contributed by atoms with Crippen LogP contribution < -0.4 is 5.32 Å². The summed E-state index contributed by atoms with van der Waals surface area (Å²) in [6.07, 6.45) is 0. The van der Waals surface area contributed by atoms with Crippen molar-refractivity contribution in [3.8, 4) is 0 Å². The van der Waals surface area contributed by atoms with Crippen molar-refractivity contribution in [3.63, 3.8) is 0 Å². The number of ether oxygens (including phenoxy) is 1. The van der Waals surface area contributed by atoms with E-state index in [1.54, 1.807) is 25.1 Å². The molecule has 0 saturated heterocycles. The minimum Gasteiger partial charge on any atom is -0.449 e. The van der Waals surface area contributed by atoms with Gasteiger partial charge in [-0.25, -0.2) is 4.99 Å². The summed E-state index contributed by atoms with van der Waals surface area (Å²) in [5.41, 5.74) is 1.14. The number of fused-ring (bicyclic) bond motifs is 1. The van der Waals surface area contributed by atoms with E-state index in [1.165, 1.54) is 0 Å². The van der Waals surface area contributed by atoms with Gasteiger partial charge in [0.2, 0.25) is 0 Å². The highest BCUT2D eigenvalue weighted by atomic mass is 35.5. The maximum atomic E-state index is 7.74. The van der Waals surface area contributed by atoms with Crippen molar-refractivity contribution in [2.45, 2.75) is 19.4 Å². The Bertz CT molecular complexity index is 854. The highest BCUT2D eigenvalue weighted by Crippen LogP contribution is 2.41. The van der Waals surface area contributed by atoms with Crippen LogP contribution in [0.5, 0.6) is 0 Å². The Morgan fingerprint density at radius 3 is 2.90 bits per heavy atom. The third kappa shape index (κ3) is 2.49. The van der Waals surface area contributed by atoms with Gasteiger partial charge in [-0.2, -0.15) is 0 Å². The lowest BCUT2D eigenvalue weighted by molar-refractivity contribution is 0.112. The van der Waals surface area contributed by atoms with Crippen LogP contribution in [-0.2, 0) is 10.3 Å². The molecule has 3 nitrogen and oxygen atoms in total. The van der Waals surface area contributed by atoms with Crippen molar-refractivity contribution >= 4 is 23.3 Å². The number of halogens is 1. The Kier molecular flexibility index (Phi) is 2.35. The highest BCUT2D eigenvalue weighted by Gasteiger charge is 2.38. The van der Waals surface area contributed by atoms with Gasteiger partial charge in [-0.1, -0.05) is 41.9 Å². The van der Waals surface area contributed by atoms with Crippen LogP contribution >= 0.6 is 11.6 Å². The molecule has 2 aromatic rings. The second kappa shape index (κ2) is 5.41. The fourth-order valence-corrected chi connectivity index (χ4v) is 2.65. The molecule has 0 amide bonds. The molecule has 1 aliphatic heterocycles. The zero-order chi connectivity index (χ0) is 19.2. The summed E-state index contributed by atoms with van der Waals surface area (Å²) in [6, 6.07) is 14.3. The third-order valence-electron chi connectivity index (χ3n) is 3.52. The van der Waals surface area contributed by atoms with Crippen molar-refractivity contribution in [2.75, 3.05) is 11.8 Å². The Morgan fingerprint density at radius 2 is 2.14 bits per heavy atom. The standard InChI is InChI=1S/C17H17ClN2O/c1-3-19-16-20-15-10-9-13(18)11-14(15)17(2,21-16)12-7-5-4-6-8-12/h4-11H,3H2,1-2H3,(H,19,20)/i1D3,3D2. The van der Waals surface area contributed by atoms with E-state index in [0.29, 0.717) is 10.7 Å². The first kappa shape index (κ1) is 9.11. The largest absolute Gasteiger partial charge is 0.449 e. The minimum atomic E-state index is -2.92. The van der Waals surface area contributed by atoms with Crippen molar-refractivity contribution in [3.05, 3.63) is 64.7 Å². The lowest BCUT2D eigenvalue weighted by atomic mass is 9.86. The van der Waals surface area contributed by atoms with Gasteiger partial charge in [0.1, 0.15) is 0 Å². The molecule has 0 radical (unpaired) electrons. The van der Waals surface area contributed by atoms with E-state index < -0.39 is 18.9 Å². The predicted molar refractivity (Wildman–Crippen MR) is 87.0 cm³/mol. The van der Waals surface area contributed by atoms with E-state index in [1.807, 2.05) is 30.3 Å². The van der Waals surface area contributed by atoms with Crippen LogP contribution in [0.25, 0.3) is 0 Å². The number of aliphatic imine (C=N–C) groups is 1. The second-order valence-electron chi connectivity index (χ2n) is 4.85. The van der Waals surface area contributed by atoms with E-state index in [9.17, 15) is 0 Å². The van der Waals surface area contributed by atoms with Crippen LogP contribution in [0.2, 0.25) is 5.02 Å². The molecule has 0 bridgehead atoms. The monoisotopic (exact) mass is 305 g/mol. The quantitative estimate of drug-likeness (QED) is 0.891. The maximum Gasteiger partial charge on any atom is 0.290 e. The average Bonchev–Trinajstić information content (AvgIpc) is 2.55. The first-order valence-electron chi connectivity index (χ1n) is 8.94. The fourth-order valence-electron chi connectivity index (χ4n) is 2.48. The van der Waals surface area contributed by atoms with Gasteiger partial charge in [0.15, 0.2) is 5.60 Å². The Labute approximate surface area is 136 Å². The average molecular weight is 306 g/mol. The Balaban J connectivity index is 2.15. The molecule has 0 fully saturated rings. The molecule has 1 heterocycles. The summed E-state index contributed by atoms with van der Waals surface area (Å²) in [4.78, 5) is 3.70. The summed E-state index contributed by atoms with van der Waals surface area (Å²) in [5, 5.41) is 3.38. The van der Waals surface area contributed by atoms with E-state index in [4.69, 9.17) is 23.2 Å². The van der Waals surface area contributed by atoms with Crippen molar-refractivity contribution in [1.82, 2.24) is 0 Å². The van der Waals surface area contributed by atoms with E-state index in [-0.39, 0.29) is 6.02 Å².